The van der Waals surface area contributed by atoms with Gasteiger partial charge in [0.1, 0.15) is 12.1 Å². The third-order valence-corrected chi connectivity index (χ3v) is 4.51. The molecule has 4 rings (SSSR count). The topological polar surface area (TPSA) is 93.4 Å². The molecule has 2 N–H and O–H groups in total. The second kappa shape index (κ2) is 7.09. The Bertz CT molecular complexity index is 910. The smallest absolute Gasteiger partial charge is 0.255 e. The van der Waals surface area contributed by atoms with Crippen molar-refractivity contribution in [2.45, 2.75) is 25.4 Å². The first-order chi connectivity index (χ1) is 12.7. The highest BCUT2D eigenvalue weighted by molar-refractivity contribution is 6.00. The van der Waals surface area contributed by atoms with Gasteiger partial charge < -0.3 is 15.4 Å². The van der Waals surface area contributed by atoms with Gasteiger partial charge in [-0.05, 0) is 37.1 Å². The molecule has 0 aromatic carbocycles. The van der Waals surface area contributed by atoms with Crippen LogP contribution in [0.25, 0.3) is 5.52 Å². The van der Waals surface area contributed by atoms with Crippen LogP contribution in [0.3, 0.4) is 0 Å². The maximum Gasteiger partial charge on any atom is 0.255 e. The number of carbonyl (C=O) groups is 1. The van der Waals surface area contributed by atoms with E-state index in [1.165, 1.54) is 6.33 Å². The predicted molar refractivity (Wildman–Crippen MR) is 96.1 cm³/mol. The van der Waals surface area contributed by atoms with Gasteiger partial charge in [-0.15, -0.1) is 0 Å². The van der Waals surface area contributed by atoms with Gasteiger partial charge in [0.2, 0.25) is 0 Å². The Morgan fingerprint density at radius 2 is 2.27 bits per heavy atom. The molecule has 1 aliphatic rings. The summed E-state index contributed by atoms with van der Waals surface area (Å²) in [7, 11) is 0. The SMILES string of the molecule is Cc1ccn2ncc(C(=O)N[C@H]3CCOC[C@H]3Nc3ccncn3)c2c1. The van der Waals surface area contributed by atoms with Crippen molar-refractivity contribution in [3.05, 3.63) is 54.2 Å². The lowest BCUT2D eigenvalue weighted by atomic mass is 10.0. The van der Waals surface area contributed by atoms with Gasteiger partial charge in [0.25, 0.3) is 5.91 Å². The number of pyridine rings is 1. The van der Waals surface area contributed by atoms with Crippen LogP contribution in [-0.2, 0) is 4.74 Å². The first-order valence-electron chi connectivity index (χ1n) is 8.56. The molecule has 1 fully saturated rings. The zero-order valence-electron chi connectivity index (χ0n) is 14.4. The number of hydrogen-bond acceptors (Lipinski definition) is 6. The molecule has 26 heavy (non-hydrogen) atoms. The minimum atomic E-state index is -0.132. The van der Waals surface area contributed by atoms with Crippen LogP contribution in [0.2, 0.25) is 0 Å². The highest BCUT2D eigenvalue weighted by Gasteiger charge is 2.28. The standard InChI is InChI=1S/C18H20N6O2/c1-12-3-6-24-16(8-12)13(9-21-24)18(25)23-14-4-7-26-10-15(14)22-17-2-5-19-11-20-17/h2-3,5-6,8-9,11,14-15H,4,7,10H2,1H3,(H,23,25)(H,19,20,22)/t14-,15+/m0/s1. The Balaban J connectivity index is 1.52. The molecule has 8 heteroatoms. The summed E-state index contributed by atoms with van der Waals surface area (Å²) < 4.78 is 7.28. The molecule has 0 radical (unpaired) electrons. The van der Waals surface area contributed by atoms with E-state index in [0.29, 0.717) is 24.6 Å². The number of amides is 1. The number of carbonyl (C=O) groups excluding carboxylic acids is 1. The number of nitrogens with zero attached hydrogens (tertiary/aromatic N) is 4. The molecular formula is C18H20N6O2. The summed E-state index contributed by atoms with van der Waals surface area (Å²) in [5.41, 5.74) is 2.46. The Labute approximate surface area is 150 Å². The van der Waals surface area contributed by atoms with Gasteiger partial charge in [-0.1, -0.05) is 0 Å². The van der Waals surface area contributed by atoms with Gasteiger partial charge in [0.15, 0.2) is 0 Å². The molecule has 8 nitrogen and oxygen atoms in total. The molecule has 1 aliphatic heterocycles. The van der Waals surface area contributed by atoms with E-state index in [-0.39, 0.29) is 18.0 Å². The molecule has 0 aliphatic carbocycles. The minimum absolute atomic E-state index is 0.0637. The summed E-state index contributed by atoms with van der Waals surface area (Å²) >= 11 is 0. The molecule has 0 saturated carbocycles. The molecule has 0 bridgehead atoms. The third-order valence-electron chi connectivity index (χ3n) is 4.51. The predicted octanol–water partition coefficient (Wildman–Crippen LogP) is 1.43. The van der Waals surface area contributed by atoms with Gasteiger partial charge in [0.05, 0.1) is 36.0 Å². The Hall–Kier alpha value is -3.00. The number of aromatic nitrogens is 4. The van der Waals surface area contributed by atoms with Crippen LogP contribution in [0.4, 0.5) is 5.82 Å². The normalized spacial score (nSPS) is 20.0. The van der Waals surface area contributed by atoms with E-state index in [4.69, 9.17) is 4.74 Å². The molecule has 4 heterocycles. The fraction of sp³-hybridized carbons (Fsp3) is 0.333. The number of nitrogens with one attached hydrogen (secondary N) is 2. The van der Waals surface area contributed by atoms with E-state index >= 15 is 0 Å². The van der Waals surface area contributed by atoms with Gasteiger partial charge in [-0.25, -0.2) is 14.5 Å². The van der Waals surface area contributed by atoms with Crippen molar-refractivity contribution in [3.8, 4) is 0 Å². The maximum atomic E-state index is 12.8. The molecule has 1 amide bonds. The summed E-state index contributed by atoms with van der Waals surface area (Å²) in [4.78, 5) is 20.9. The van der Waals surface area contributed by atoms with Crippen molar-refractivity contribution in [2.24, 2.45) is 0 Å². The van der Waals surface area contributed by atoms with E-state index in [1.807, 2.05) is 25.3 Å². The molecule has 134 valence electrons. The molecule has 2 atom stereocenters. The van der Waals surface area contributed by atoms with Crippen molar-refractivity contribution in [1.29, 1.82) is 0 Å². The van der Waals surface area contributed by atoms with Gasteiger partial charge in [0, 0.05) is 19.0 Å². The lowest BCUT2D eigenvalue weighted by Crippen LogP contribution is -2.52. The summed E-state index contributed by atoms with van der Waals surface area (Å²) in [6.45, 7) is 3.11. The van der Waals surface area contributed by atoms with E-state index in [0.717, 1.165) is 17.5 Å². The van der Waals surface area contributed by atoms with Crippen molar-refractivity contribution in [2.75, 3.05) is 18.5 Å². The second-order valence-corrected chi connectivity index (χ2v) is 6.38. The van der Waals surface area contributed by atoms with Crippen LogP contribution in [0, 0.1) is 6.92 Å². The molecule has 0 spiro atoms. The van der Waals surface area contributed by atoms with Crippen LogP contribution in [0.5, 0.6) is 0 Å². The number of ether oxygens (including phenoxy) is 1. The van der Waals surface area contributed by atoms with Crippen LogP contribution in [-0.4, -0.2) is 50.8 Å². The summed E-state index contributed by atoms with van der Waals surface area (Å²) in [5, 5.41) is 10.7. The monoisotopic (exact) mass is 352 g/mol. The maximum absolute atomic E-state index is 12.8. The van der Waals surface area contributed by atoms with E-state index < -0.39 is 0 Å². The molecule has 3 aromatic rings. The Morgan fingerprint density at radius 1 is 1.35 bits per heavy atom. The zero-order valence-corrected chi connectivity index (χ0v) is 14.4. The first-order valence-corrected chi connectivity index (χ1v) is 8.56. The molecule has 1 saturated heterocycles. The van der Waals surface area contributed by atoms with Crippen molar-refractivity contribution >= 4 is 17.2 Å². The van der Waals surface area contributed by atoms with Crippen LogP contribution < -0.4 is 10.6 Å². The fourth-order valence-electron chi connectivity index (χ4n) is 3.13. The van der Waals surface area contributed by atoms with Crippen LogP contribution in [0.15, 0.2) is 43.1 Å². The van der Waals surface area contributed by atoms with Crippen molar-refractivity contribution in [1.82, 2.24) is 24.9 Å². The van der Waals surface area contributed by atoms with Crippen LogP contribution in [0.1, 0.15) is 22.3 Å². The van der Waals surface area contributed by atoms with Gasteiger partial charge >= 0.3 is 0 Å². The molecule has 3 aromatic heterocycles. The van der Waals surface area contributed by atoms with Crippen molar-refractivity contribution in [3.63, 3.8) is 0 Å². The van der Waals surface area contributed by atoms with E-state index in [1.54, 1.807) is 23.0 Å². The Morgan fingerprint density at radius 3 is 3.12 bits per heavy atom. The number of aryl methyl sites for hydroxylation is 1. The van der Waals surface area contributed by atoms with Crippen LogP contribution >= 0.6 is 0 Å². The average molecular weight is 352 g/mol. The first kappa shape index (κ1) is 16.5. The number of fused-ring (bicyclic) bond motifs is 1. The summed E-state index contributed by atoms with van der Waals surface area (Å²) in [6, 6.07) is 5.59. The minimum Gasteiger partial charge on any atom is -0.379 e. The second-order valence-electron chi connectivity index (χ2n) is 6.38. The average Bonchev–Trinajstić information content (AvgIpc) is 3.07. The summed E-state index contributed by atoms with van der Waals surface area (Å²) in [6.07, 6.45) is 7.35. The van der Waals surface area contributed by atoms with E-state index in [9.17, 15) is 4.79 Å². The molecular weight excluding hydrogens is 332 g/mol. The van der Waals surface area contributed by atoms with E-state index in [2.05, 4.69) is 25.7 Å². The largest absolute Gasteiger partial charge is 0.379 e. The summed E-state index contributed by atoms with van der Waals surface area (Å²) in [5.74, 6) is 0.577. The highest BCUT2D eigenvalue weighted by Crippen LogP contribution is 2.16. The lowest BCUT2D eigenvalue weighted by molar-refractivity contribution is 0.0620. The number of hydrogen-bond donors (Lipinski definition) is 2. The zero-order chi connectivity index (χ0) is 17.9. The molecule has 0 unspecified atom stereocenters. The van der Waals surface area contributed by atoms with Gasteiger partial charge in [-0.3, -0.25) is 4.79 Å². The fourth-order valence-corrected chi connectivity index (χ4v) is 3.13. The number of anilines is 1. The van der Waals surface area contributed by atoms with Gasteiger partial charge in [-0.2, -0.15) is 5.10 Å². The quantitative estimate of drug-likeness (QED) is 0.738. The highest BCUT2D eigenvalue weighted by atomic mass is 16.5. The number of rotatable bonds is 4. The third kappa shape index (κ3) is 3.36. The lowest BCUT2D eigenvalue weighted by Gasteiger charge is -2.33. The van der Waals surface area contributed by atoms with Crippen molar-refractivity contribution < 1.29 is 9.53 Å². The Kier molecular flexibility index (Phi) is 4.49.